The highest BCUT2D eigenvalue weighted by Crippen LogP contribution is 2.26. The molecule has 0 unspecified atom stereocenters. The van der Waals surface area contributed by atoms with Gasteiger partial charge in [0.25, 0.3) is 0 Å². The summed E-state index contributed by atoms with van der Waals surface area (Å²) in [6.45, 7) is 0.170. The minimum atomic E-state index is -3.67. The molecule has 5 aromatic rings. The molecule has 5 rings (SSSR count). The van der Waals surface area contributed by atoms with Gasteiger partial charge in [0.15, 0.2) is 11.5 Å². The molecule has 166 valence electrons. The molecule has 10 heteroatoms. The van der Waals surface area contributed by atoms with Gasteiger partial charge in [-0.25, -0.2) is 13.1 Å². The number of ether oxygens (including phenoxy) is 1. The summed E-state index contributed by atoms with van der Waals surface area (Å²) in [4.78, 5) is 0.203. The van der Waals surface area contributed by atoms with Crippen LogP contribution in [0.2, 0.25) is 5.02 Å². The molecule has 0 aliphatic carbocycles. The Morgan fingerprint density at radius 2 is 1.70 bits per heavy atom. The van der Waals surface area contributed by atoms with Gasteiger partial charge in [-0.05, 0) is 41.1 Å². The normalized spacial score (nSPS) is 11.8. The first kappa shape index (κ1) is 21.3. The molecule has 0 aliphatic rings. The van der Waals surface area contributed by atoms with E-state index in [1.54, 1.807) is 36.4 Å². The van der Waals surface area contributed by atoms with Crippen molar-refractivity contribution in [3.05, 3.63) is 83.9 Å². The van der Waals surface area contributed by atoms with Crippen LogP contribution in [-0.2, 0) is 10.0 Å². The third kappa shape index (κ3) is 4.38. The predicted molar refractivity (Wildman–Crippen MR) is 126 cm³/mol. The van der Waals surface area contributed by atoms with Crippen LogP contribution >= 0.6 is 11.6 Å². The number of nitrogens with zero attached hydrogens (tertiary/aromatic N) is 4. The molecule has 0 saturated carbocycles. The molecule has 8 nitrogen and oxygen atoms in total. The number of hydrogen-bond donors (Lipinski definition) is 1. The molecule has 0 bridgehead atoms. The van der Waals surface area contributed by atoms with Crippen LogP contribution in [0.15, 0.2) is 83.8 Å². The second-order valence-electron chi connectivity index (χ2n) is 7.20. The Bertz CT molecular complexity index is 1570. The highest BCUT2D eigenvalue weighted by Gasteiger charge is 2.15. The van der Waals surface area contributed by atoms with Crippen molar-refractivity contribution in [3.8, 4) is 17.3 Å². The standard InChI is InChI=1S/C23H18ClN5O3S/c24-20-8-4-3-7-19(20)23-27-26-21-11-12-22(28-29(21)23)32-14-13-25-33(30,31)18-10-9-16-5-1-2-6-17(16)15-18/h1-12,15,25H,13-14H2. The first-order valence-corrected chi connectivity index (χ1v) is 12.0. The van der Waals surface area contributed by atoms with E-state index in [9.17, 15) is 8.42 Å². The summed E-state index contributed by atoms with van der Waals surface area (Å²) in [6.07, 6.45) is 0. The maximum atomic E-state index is 12.6. The van der Waals surface area contributed by atoms with E-state index in [0.717, 1.165) is 10.8 Å². The Morgan fingerprint density at radius 3 is 2.55 bits per heavy atom. The summed E-state index contributed by atoms with van der Waals surface area (Å²) < 4.78 is 35.0. The monoisotopic (exact) mass is 479 g/mol. The van der Waals surface area contributed by atoms with Gasteiger partial charge in [0.05, 0.1) is 9.92 Å². The van der Waals surface area contributed by atoms with Gasteiger partial charge < -0.3 is 4.74 Å². The number of fused-ring (bicyclic) bond motifs is 2. The Morgan fingerprint density at radius 1 is 0.909 bits per heavy atom. The van der Waals surface area contributed by atoms with E-state index in [2.05, 4.69) is 20.0 Å². The Balaban J connectivity index is 1.27. The average molecular weight is 480 g/mol. The number of hydrogen-bond acceptors (Lipinski definition) is 6. The zero-order valence-electron chi connectivity index (χ0n) is 17.2. The first-order chi connectivity index (χ1) is 16.0. The molecule has 0 amide bonds. The molecular formula is C23H18ClN5O3S. The number of sulfonamides is 1. The fourth-order valence-electron chi connectivity index (χ4n) is 3.41. The lowest BCUT2D eigenvalue weighted by atomic mass is 10.1. The lowest BCUT2D eigenvalue weighted by molar-refractivity contribution is 0.306. The summed E-state index contributed by atoms with van der Waals surface area (Å²) in [5, 5.41) is 15.1. The molecule has 1 N–H and O–H groups in total. The fraction of sp³-hybridized carbons (Fsp3) is 0.0870. The first-order valence-electron chi connectivity index (χ1n) is 10.1. The highest BCUT2D eigenvalue weighted by molar-refractivity contribution is 7.89. The van der Waals surface area contributed by atoms with Gasteiger partial charge in [-0.1, -0.05) is 54.1 Å². The van der Waals surface area contributed by atoms with Crippen molar-refractivity contribution in [2.45, 2.75) is 4.90 Å². The largest absolute Gasteiger partial charge is 0.475 e. The van der Waals surface area contributed by atoms with Crippen molar-refractivity contribution in [1.29, 1.82) is 0 Å². The smallest absolute Gasteiger partial charge is 0.240 e. The third-order valence-electron chi connectivity index (χ3n) is 5.03. The number of benzene rings is 3. The Hall–Kier alpha value is -3.53. The number of aromatic nitrogens is 4. The van der Waals surface area contributed by atoms with E-state index >= 15 is 0 Å². The van der Waals surface area contributed by atoms with E-state index in [4.69, 9.17) is 16.3 Å². The number of halogens is 1. The topological polar surface area (TPSA) is 98.5 Å². The van der Waals surface area contributed by atoms with E-state index in [1.807, 2.05) is 42.5 Å². The second-order valence-corrected chi connectivity index (χ2v) is 9.37. The van der Waals surface area contributed by atoms with Crippen molar-refractivity contribution in [1.82, 2.24) is 24.5 Å². The van der Waals surface area contributed by atoms with Crippen LogP contribution in [0.1, 0.15) is 0 Å². The highest BCUT2D eigenvalue weighted by atomic mass is 35.5. The SMILES string of the molecule is O=S(=O)(NCCOc1ccc2nnc(-c3ccccc3Cl)n2n1)c1ccc2ccccc2c1. The molecule has 0 atom stereocenters. The quantitative estimate of drug-likeness (QED) is 0.355. The summed E-state index contributed by atoms with van der Waals surface area (Å²) in [6, 6.07) is 23.3. The van der Waals surface area contributed by atoms with Crippen molar-refractivity contribution < 1.29 is 13.2 Å². The van der Waals surface area contributed by atoms with E-state index in [0.29, 0.717) is 27.9 Å². The number of nitrogens with one attached hydrogen (secondary N) is 1. The molecular weight excluding hydrogens is 462 g/mol. The lowest BCUT2D eigenvalue weighted by Crippen LogP contribution is -2.28. The van der Waals surface area contributed by atoms with E-state index < -0.39 is 10.0 Å². The summed E-state index contributed by atoms with van der Waals surface area (Å²) in [5.41, 5.74) is 1.23. The molecule has 0 radical (unpaired) electrons. The van der Waals surface area contributed by atoms with Crippen LogP contribution in [0.4, 0.5) is 0 Å². The molecule has 3 aromatic carbocycles. The molecule has 2 aromatic heterocycles. The van der Waals surface area contributed by atoms with Gasteiger partial charge in [0.2, 0.25) is 15.9 Å². The lowest BCUT2D eigenvalue weighted by Gasteiger charge is -2.09. The van der Waals surface area contributed by atoms with E-state index in [-0.39, 0.29) is 18.0 Å². The van der Waals surface area contributed by atoms with Gasteiger partial charge >= 0.3 is 0 Å². The van der Waals surface area contributed by atoms with Crippen LogP contribution in [-0.4, -0.2) is 41.4 Å². The van der Waals surface area contributed by atoms with Crippen molar-refractivity contribution in [3.63, 3.8) is 0 Å². The van der Waals surface area contributed by atoms with Crippen molar-refractivity contribution in [2.75, 3.05) is 13.2 Å². The van der Waals surface area contributed by atoms with Crippen molar-refractivity contribution in [2.24, 2.45) is 0 Å². The van der Waals surface area contributed by atoms with Gasteiger partial charge in [-0.3, -0.25) is 0 Å². The van der Waals surface area contributed by atoms with E-state index in [1.165, 1.54) is 4.52 Å². The van der Waals surface area contributed by atoms with Gasteiger partial charge in [-0.2, -0.15) is 4.52 Å². The number of rotatable bonds is 7. The van der Waals surface area contributed by atoms with Crippen LogP contribution in [0.5, 0.6) is 5.88 Å². The molecule has 0 spiro atoms. The Kier molecular flexibility index (Phi) is 5.67. The average Bonchev–Trinajstić information content (AvgIpc) is 3.25. The maximum Gasteiger partial charge on any atom is 0.240 e. The minimum absolute atomic E-state index is 0.0778. The zero-order valence-corrected chi connectivity index (χ0v) is 18.8. The zero-order chi connectivity index (χ0) is 22.8. The summed E-state index contributed by atoms with van der Waals surface area (Å²) in [5.74, 6) is 0.790. The van der Waals surface area contributed by atoms with Crippen molar-refractivity contribution >= 4 is 38.0 Å². The summed E-state index contributed by atoms with van der Waals surface area (Å²) >= 11 is 6.28. The van der Waals surface area contributed by atoms with Crippen LogP contribution in [0.25, 0.3) is 27.8 Å². The van der Waals surface area contributed by atoms with Gasteiger partial charge in [0, 0.05) is 18.2 Å². The predicted octanol–water partition coefficient (Wildman–Crippen LogP) is 3.96. The van der Waals surface area contributed by atoms with Crippen LogP contribution < -0.4 is 9.46 Å². The van der Waals surface area contributed by atoms with Gasteiger partial charge in [-0.15, -0.1) is 15.3 Å². The molecule has 0 fully saturated rings. The molecule has 2 heterocycles. The second kappa shape index (κ2) is 8.78. The molecule has 0 aliphatic heterocycles. The molecule has 0 saturated heterocycles. The molecule has 33 heavy (non-hydrogen) atoms. The van der Waals surface area contributed by atoms with Gasteiger partial charge in [0.1, 0.15) is 6.61 Å². The maximum absolute atomic E-state index is 12.6. The minimum Gasteiger partial charge on any atom is -0.475 e. The third-order valence-corrected chi connectivity index (χ3v) is 6.82. The fourth-order valence-corrected chi connectivity index (χ4v) is 4.68. The van der Waals surface area contributed by atoms with Crippen LogP contribution in [0.3, 0.4) is 0 Å². The Labute approximate surface area is 194 Å². The van der Waals surface area contributed by atoms with Crippen LogP contribution in [0, 0.1) is 0 Å². The summed E-state index contributed by atoms with van der Waals surface area (Å²) in [7, 11) is -3.67.